The third kappa shape index (κ3) is 25.3. The summed E-state index contributed by atoms with van der Waals surface area (Å²) in [4.78, 5) is 2.03. The fourth-order valence-corrected chi connectivity index (χ4v) is 9.25. The van der Waals surface area contributed by atoms with Gasteiger partial charge in [0.1, 0.15) is 0 Å². The van der Waals surface area contributed by atoms with Crippen LogP contribution in [0.2, 0.25) is 0 Å². The van der Waals surface area contributed by atoms with Crippen molar-refractivity contribution in [3.8, 4) is 0 Å². The highest BCUT2D eigenvalue weighted by atomic mass is 32.2. The Labute approximate surface area is 244 Å². The summed E-state index contributed by atoms with van der Waals surface area (Å²) in [6, 6.07) is 0. The Kier molecular flexibility index (Phi) is 25.4. The highest BCUT2D eigenvalue weighted by Crippen LogP contribution is 2.15. The van der Waals surface area contributed by atoms with Crippen molar-refractivity contribution >= 4 is 19.7 Å². The van der Waals surface area contributed by atoms with Crippen molar-refractivity contribution in [3.05, 3.63) is 0 Å². The Morgan fingerprint density at radius 3 is 1.36 bits per heavy atom. The van der Waals surface area contributed by atoms with E-state index in [1.807, 2.05) is 19.0 Å². The number of nitrogens with one attached hydrogen (secondary N) is 1. The standard InChI is InChI=1S/C31H66N2O4S2/c1-5-7-9-11-13-15-17-19-21-23-27-38(34,35)30-31(29-32-25-26-33(3)4)39(36,37)28-24-22-20-18-16-14-12-10-8-6-2/h31-32H,5-30H2,1-4H3. The van der Waals surface area contributed by atoms with Crippen LogP contribution in [0.3, 0.4) is 0 Å². The van der Waals surface area contributed by atoms with Crippen LogP contribution in [0.1, 0.15) is 142 Å². The molecule has 0 saturated carbocycles. The van der Waals surface area contributed by atoms with Crippen molar-refractivity contribution in [1.29, 1.82) is 0 Å². The predicted molar refractivity (Wildman–Crippen MR) is 171 cm³/mol. The third-order valence-corrected chi connectivity index (χ3v) is 11.9. The van der Waals surface area contributed by atoms with Gasteiger partial charge in [-0.25, -0.2) is 16.8 Å². The fraction of sp³-hybridized carbons (Fsp3) is 1.00. The summed E-state index contributed by atoms with van der Waals surface area (Å²) in [7, 11) is -2.94. The van der Waals surface area contributed by atoms with E-state index in [0.29, 0.717) is 19.4 Å². The summed E-state index contributed by atoms with van der Waals surface area (Å²) in [6.07, 6.45) is 23.0. The average molecular weight is 595 g/mol. The van der Waals surface area contributed by atoms with E-state index in [0.717, 1.165) is 45.1 Å². The largest absolute Gasteiger partial charge is 0.314 e. The SMILES string of the molecule is CCCCCCCCCCCCS(=O)(=O)CC(CNCCN(C)C)S(=O)(=O)CCCCCCCCCCCC. The molecule has 0 rings (SSSR count). The first-order valence-electron chi connectivity index (χ1n) is 16.4. The van der Waals surface area contributed by atoms with E-state index in [1.54, 1.807) is 0 Å². The molecule has 1 atom stereocenters. The first kappa shape index (κ1) is 38.8. The lowest BCUT2D eigenvalue weighted by Crippen LogP contribution is -2.42. The molecule has 0 aromatic rings. The van der Waals surface area contributed by atoms with Gasteiger partial charge in [0, 0.05) is 19.6 Å². The van der Waals surface area contributed by atoms with Gasteiger partial charge >= 0.3 is 0 Å². The number of nitrogens with zero attached hydrogens (tertiary/aromatic N) is 1. The van der Waals surface area contributed by atoms with E-state index >= 15 is 0 Å². The van der Waals surface area contributed by atoms with Gasteiger partial charge in [-0.1, -0.05) is 129 Å². The van der Waals surface area contributed by atoms with Gasteiger partial charge in [-0.15, -0.1) is 0 Å². The van der Waals surface area contributed by atoms with Crippen LogP contribution in [0.4, 0.5) is 0 Å². The van der Waals surface area contributed by atoms with Crippen LogP contribution in [-0.2, 0) is 19.7 Å². The molecule has 8 heteroatoms. The zero-order valence-electron chi connectivity index (χ0n) is 26.4. The fourth-order valence-electron chi connectivity index (χ4n) is 4.99. The Bertz CT molecular complexity index is 740. The Morgan fingerprint density at radius 2 is 0.949 bits per heavy atom. The van der Waals surface area contributed by atoms with Gasteiger partial charge in [0.25, 0.3) is 0 Å². The summed E-state index contributed by atoms with van der Waals surface area (Å²) < 4.78 is 52.2. The summed E-state index contributed by atoms with van der Waals surface area (Å²) in [5, 5.41) is 2.35. The number of hydrogen-bond acceptors (Lipinski definition) is 6. The van der Waals surface area contributed by atoms with E-state index in [-0.39, 0.29) is 23.8 Å². The Morgan fingerprint density at radius 1 is 0.564 bits per heavy atom. The molecule has 0 aliphatic heterocycles. The molecular weight excluding hydrogens is 528 g/mol. The monoisotopic (exact) mass is 594 g/mol. The molecule has 0 aromatic heterocycles. The lowest BCUT2D eigenvalue weighted by atomic mass is 10.1. The molecule has 6 nitrogen and oxygen atoms in total. The molecule has 0 aliphatic rings. The second kappa shape index (κ2) is 25.5. The zero-order chi connectivity index (χ0) is 29.2. The molecule has 0 amide bonds. The van der Waals surface area contributed by atoms with Crippen molar-refractivity contribution in [2.45, 2.75) is 148 Å². The molecule has 0 radical (unpaired) electrons. The second-order valence-corrected chi connectivity index (χ2v) is 16.6. The van der Waals surface area contributed by atoms with Crippen molar-refractivity contribution in [3.63, 3.8) is 0 Å². The molecule has 236 valence electrons. The lowest BCUT2D eigenvalue weighted by molar-refractivity contribution is 0.400. The minimum Gasteiger partial charge on any atom is -0.314 e. The molecule has 0 heterocycles. The molecule has 1 N–H and O–H groups in total. The quantitative estimate of drug-likeness (QED) is 0.0887. The van der Waals surface area contributed by atoms with Crippen LogP contribution in [-0.4, -0.2) is 78.0 Å². The number of sulfone groups is 2. The van der Waals surface area contributed by atoms with Crippen molar-refractivity contribution in [1.82, 2.24) is 10.2 Å². The van der Waals surface area contributed by atoms with Gasteiger partial charge in [0.15, 0.2) is 19.7 Å². The molecule has 0 fully saturated rings. The van der Waals surface area contributed by atoms with Crippen LogP contribution in [0.15, 0.2) is 0 Å². The predicted octanol–water partition coefficient (Wildman–Crippen LogP) is 7.18. The minimum absolute atomic E-state index is 0.0945. The third-order valence-electron chi connectivity index (χ3n) is 7.65. The molecule has 0 saturated heterocycles. The van der Waals surface area contributed by atoms with E-state index in [9.17, 15) is 16.8 Å². The van der Waals surface area contributed by atoms with Gasteiger partial charge < -0.3 is 10.2 Å². The van der Waals surface area contributed by atoms with E-state index in [1.165, 1.54) is 77.0 Å². The van der Waals surface area contributed by atoms with Crippen molar-refractivity contribution in [2.24, 2.45) is 0 Å². The van der Waals surface area contributed by atoms with Gasteiger partial charge in [0.05, 0.1) is 22.5 Å². The smallest absolute Gasteiger partial charge is 0.155 e. The van der Waals surface area contributed by atoms with Crippen LogP contribution in [0.25, 0.3) is 0 Å². The Hall–Kier alpha value is -0.180. The molecule has 0 aromatic carbocycles. The van der Waals surface area contributed by atoms with Crippen LogP contribution in [0.5, 0.6) is 0 Å². The number of rotatable bonds is 30. The molecule has 0 bridgehead atoms. The van der Waals surface area contributed by atoms with Gasteiger partial charge in [0.2, 0.25) is 0 Å². The van der Waals surface area contributed by atoms with E-state index < -0.39 is 24.9 Å². The summed E-state index contributed by atoms with van der Waals surface area (Å²) in [6.45, 7) is 6.11. The second-order valence-electron chi connectivity index (χ2n) is 12.0. The molecule has 0 aliphatic carbocycles. The number of hydrogen-bond donors (Lipinski definition) is 1. The van der Waals surface area contributed by atoms with Crippen LogP contribution >= 0.6 is 0 Å². The topological polar surface area (TPSA) is 83.6 Å². The summed E-state index contributed by atoms with van der Waals surface area (Å²) >= 11 is 0. The summed E-state index contributed by atoms with van der Waals surface area (Å²) in [5.41, 5.74) is 0. The zero-order valence-corrected chi connectivity index (χ0v) is 28.0. The van der Waals surface area contributed by atoms with E-state index in [2.05, 4.69) is 19.2 Å². The first-order valence-corrected chi connectivity index (χ1v) is 20.0. The molecule has 1 unspecified atom stereocenters. The maximum absolute atomic E-state index is 13.2. The van der Waals surface area contributed by atoms with Crippen LogP contribution in [0, 0.1) is 0 Å². The van der Waals surface area contributed by atoms with Gasteiger partial charge in [-0.3, -0.25) is 0 Å². The number of unbranched alkanes of at least 4 members (excludes halogenated alkanes) is 18. The highest BCUT2D eigenvalue weighted by Gasteiger charge is 2.30. The number of likely N-dealkylation sites (N-methyl/N-ethyl adjacent to an activating group) is 1. The average Bonchev–Trinajstić information content (AvgIpc) is 2.87. The highest BCUT2D eigenvalue weighted by molar-refractivity contribution is 7.95. The van der Waals surface area contributed by atoms with Gasteiger partial charge in [-0.2, -0.15) is 0 Å². The normalized spacial score (nSPS) is 13.4. The molecule has 39 heavy (non-hydrogen) atoms. The van der Waals surface area contributed by atoms with Crippen LogP contribution < -0.4 is 5.32 Å². The maximum Gasteiger partial charge on any atom is 0.155 e. The molecule has 0 spiro atoms. The molecular formula is C31H66N2O4S2. The lowest BCUT2D eigenvalue weighted by Gasteiger charge is -2.19. The summed E-state index contributed by atoms with van der Waals surface area (Å²) in [5.74, 6) is -0.0533. The minimum atomic E-state index is -3.47. The first-order chi connectivity index (χ1) is 18.6. The van der Waals surface area contributed by atoms with E-state index in [4.69, 9.17) is 0 Å². The van der Waals surface area contributed by atoms with Crippen molar-refractivity contribution < 1.29 is 16.8 Å². The maximum atomic E-state index is 13.2. The van der Waals surface area contributed by atoms with Crippen molar-refractivity contribution in [2.75, 3.05) is 51.0 Å². The Balaban J connectivity index is 4.50. The van der Waals surface area contributed by atoms with Gasteiger partial charge in [-0.05, 0) is 26.9 Å².